The smallest absolute Gasteiger partial charge is 0.251 e. The summed E-state index contributed by atoms with van der Waals surface area (Å²) < 4.78 is 5.35. The summed E-state index contributed by atoms with van der Waals surface area (Å²) >= 11 is 7.84. The molecule has 4 rings (SSSR count). The second-order valence-corrected chi connectivity index (χ2v) is 10.0. The van der Waals surface area contributed by atoms with Crippen LogP contribution in [0.3, 0.4) is 0 Å². The van der Waals surface area contributed by atoms with E-state index in [9.17, 15) is 4.79 Å². The SMILES string of the molecule is CC1CCN(c2cc(Cl)nc(SCc3ccc(C(=O)NCCN4CCOCC4)cc3)n2)CC1. The normalized spacial score (nSPS) is 17.8. The maximum Gasteiger partial charge on any atom is 0.251 e. The monoisotopic (exact) mass is 489 g/mol. The van der Waals surface area contributed by atoms with Gasteiger partial charge in [-0.05, 0) is 36.5 Å². The molecule has 2 aliphatic rings. The van der Waals surface area contributed by atoms with Crippen LogP contribution in [0.4, 0.5) is 5.82 Å². The fourth-order valence-electron chi connectivity index (χ4n) is 4.00. The molecule has 7 nitrogen and oxygen atoms in total. The fourth-order valence-corrected chi connectivity index (χ4v) is 5.04. The lowest BCUT2D eigenvalue weighted by Gasteiger charge is -2.31. The Morgan fingerprint density at radius 1 is 1.15 bits per heavy atom. The minimum Gasteiger partial charge on any atom is -0.379 e. The molecule has 0 unspecified atom stereocenters. The van der Waals surface area contributed by atoms with Crippen LogP contribution in [0.5, 0.6) is 0 Å². The van der Waals surface area contributed by atoms with Gasteiger partial charge in [0.15, 0.2) is 5.16 Å². The first-order chi connectivity index (χ1) is 16.1. The minimum absolute atomic E-state index is 0.0406. The highest BCUT2D eigenvalue weighted by molar-refractivity contribution is 7.98. The number of rotatable bonds is 8. The molecule has 1 N–H and O–H groups in total. The topological polar surface area (TPSA) is 70.6 Å². The van der Waals surface area contributed by atoms with Gasteiger partial charge in [0.25, 0.3) is 5.91 Å². The van der Waals surface area contributed by atoms with Gasteiger partial charge in [0.05, 0.1) is 13.2 Å². The Kier molecular flexibility index (Phi) is 8.83. The zero-order valence-corrected chi connectivity index (χ0v) is 20.7. The van der Waals surface area contributed by atoms with E-state index in [-0.39, 0.29) is 5.91 Å². The summed E-state index contributed by atoms with van der Waals surface area (Å²) in [5.41, 5.74) is 1.79. The van der Waals surface area contributed by atoms with Gasteiger partial charge in [0.2, 0.25) is 0 Å². The van der Waals surface area contributed by atoms with Crippen LogP contribution in [0.2, 0.25) is 5.15 Å². The average molecular weight is 490 g/mol. The number of ether oxygens (including phenoxy) is 1. The number of anilines is 1. The molecule has 0 atom stereocenters. The van der Waals surface area contributed by atoms with Gasteiger partial charge in [0.1, 0.15) is 11.0 Å². The number of halogens is 1. The second kappa shape index (κ2) is 12.0. The maximum atomic E-state index is 12.4. The first kappa shape index (κ1) is 24.3. The Morgan fingerprint density at radius 2 is 1.88 bits per heavy atom. The molecule has 2 saturated heterocycles. The number of carbonyl (C=O) groups is 1. The number of hydrogen-bond acceptors (Lipinski definition) is 7. The van der Waals surface area contributed by atoms with Gasteiger partial charge >= 0.3 is 0 Å². The third-order valence-electron chi connectivity index (χ3n) is 6.17. The van der Waals surface area contributed by atoms with Crippen LogP contribution in [-0.2, 0) is 10.5 Å². The lowest BCUT2D eigenvalue weighted by molar-refractivity contribution is 0.0383. The Balaban J connectivity index is 1.26. The Bertz CT molecular complexity index is 916. The van der Waals surface area contributed by atoms with Crippen molar-refractivity contribution in [3.8, 4) is 0 Å². The number of benzene rings is 1. The van der Waals surface area contributed by atoms with Gasteiger partial charge in [-0.1, -0.05) is 42.4 Å². The molecule has 1 amide bonds. The molecule has 1 aromatic carbocycles. The molecular formula is C24H32ClN5O2S. The highest BCUT2D eigenvalue weighted by Gasteiger charge is 2.18. The van der Waals surface area contributed by atoms with Crippen LogP contribution in [0.15, 0.2) is 35.5 Å². The van der Waals surface area contributed by atoms with Crippen molar-refractivity contribution in [1.82, 2.24) is 20.2 Å². The first-order valence-electron chi connectivity index (χ1n) is 11.7. The van der Waals surface area contributed by atoms with Crippen molar-refractivity contribution in [3.05, 3.63) is 46.6 Å². The van der Waals surface area contributed by atoms with Crippen molar-refractivity contribution >= 4 is 35.1 Å². The third-order valence-corrected chi connectivity index (χ3v) is 7.28. The highest BCUT2D eigenvalue weighted by Crippen LogP contribution is 2.27. The Morgan fingerprint density at radius 3 is 2.61 bits per heavy atom. The zero-order chi connectivity index (χ0) is 23.0. The average Bonchev–Trinajstić information content (AvgIpc) is 2.84. The molecule has 33 heavy (non-hydrogen) atoms. The van der Waals surface area contributed by atoms with E-state index in [2.05, 4.69) is 27.0 Å². The number of piperidine rings is 1. The number of nitrogens with zero attached hydrogens (tertiary/aromatic N) is 4. The maximum absolute atomic E-state index is 12.4. The zero-order valence-electron chi connectivity index (χ0n) is 19.1. The molecule has 0 bridgehead atoms. The Labute approximate surface area is 205 Å². The number of aromatic nitrogens is 2. The molecule has 9 heteroatoms. The van der Waals surface area contributed by atoms with Gasteiger partial charge in [-0.2, -0.15) is 0 Å². The molecule has 2 aromatic rings. The summed E-state index contributed by atoms with van der Waals surface area (Å²) in [6.07, 6.45) is 2.36. The van der Waals surface area contributed by atoms with Crippen LogP contribution >= 0.6 is 23.4 Å². The molecule has 0 aliphatic carbocycles. The predicted octanol–water partition coefficient (Wildman–Crippen LogP) is 3.72. The first-order valence-corrected chi connectivity index (χ1v) is 13.0. The molecular weight excluding hydrogens is 458 g/mol. The van der Waals surface area contributed by atoms with Crippen LogP contribution in [0.1, 0.15) is 35.7 Å². The van der Waals surface area contributed by atoms with E-state index in [0.717, 1.165) is 69.0 Å². The van der Waals surface area contributed by atoms with Gasteiger partial charge in [-0.3, -0.25) is 9.69 Å². The van der Waals surface area contributed by atoms with Gasteiger partial charge < -0.3 is 15.0 Å². The van der Waals surface area contributed by atoms with Crippen molar-refractivity contribution in [2.75, 3.05) is 57.4 Å². The highest BCUT2D eigenvalue weighted by atomic mass is 35.5. The minimum atomic E-state index is -0.0406. The van der Waals surface area contributed by atoms with Gasteiger partial charge in [0, 0.05) is 56.7 Å². The molecule has 0 saturated carbocycles. The molecule has 0 radical (unpaired) electrons. The summed E-state index contributed by atoms with van der Waals surface area (Å²) in [4.78, 5) is 26.1. The van der Waals surface area contributed by atoms with Crippen molar-refractivity contribution in [2.45, 2.75) is 30.7 Å². The van der Waals surface area contributed by atoms with E-state index < -0.39 is 0 Å². The van der Waals surface area contributed by atoms with Gasteiger partial charge in [-0.25, -0.2) is 9.97 Å². The lowest BCUT2D eigenvalue weighted by atomic mass is 9.99. The number of amides is 1. The number of hydrogen-bond donors (Lipinski definition) is 1. The van der Waals surface area contributed by atoms with Crippen LogP contribution in [0.25, 0.3) is 0 Å². The van der Waals surface area contributed by atoms with Gasteiger partial charge in [-0.15, -0.1) is 0 Å². The number of carbonyl (C=O) groups excluding carboxylic acids is 1. The van der Waals surface area contributed by atoms with Crippen molar-refractivity contribution in [1.29, 1.82) is 0 Å². The van der Waals surface area contributed by atoms with E-state index >= 15 is 0 Å². The van der Waals surface area contributed by atoms with E-state index in [1.54, 1.807) is 11.8 Å². The van der Waals surface area contributed by atoms with Crippen molar-refractivity contribution in [3.63, 3.8) is 0 Å². The van der Waals surface area contributed by atoms with E-state index in [4.69, 9.17) is 21.3 Å². The standard InChI is InChI=1S/C24H32ClN5O2S/c1-18-6-9-30(10-7-18)22-16-21(25)27-24(28-22)33-17-19-2-4-20(5-3-19)23(31)26-8-11-29-12-14-32-15-13-29/h2-5,16,18H,6-15,17H2,1H3,(H,26,31). The van der Waals surface area contributed by atoms with Crippen molar-refractivity contribution < 1.29 is 9.53 Å². The quantitative estimate of drug-likeness (QED) is 0.344. The van der Waals surface area contributed by atoms with E-state index in [1.807, 2.05) is 30.3 Å². The molecule has 2 aliphatic heterocycles. The molecule has 178 valence electrons. The van der Waals surface area contributed by atoms with E-state index in [1.165, 1.54) is 12.8 Å². The number of morpholine rings is 1. The molecule has 3 heterocycles. The fraction of sp³-hybridized carbons (Fsp3) is 0.542. The largest absolute Gasteiger partial charge is 0.379 e. The summed E-state index contributed by atoms with van der Waals surface area (Å²) in [5.74, 6) is 2.35. The van der Waals surface area contributed by atoms with Crippen LogP contribution in [-0.4, -0.2) is 73.3 Å². The molecule has 0 spiro atoms. The predicted molar refractivity (Wildman–Crippen MR) is 133 cm³/mol. The molecule has 1 aromatic heterocycles. The summed E-state index contributed by atoms with van der Waals surface area (Å²) in [6.45, 7) is 9.20. The third kappa shape index (κ3) is 7.30. The Hall–Kier alpha value is -1.87. The van der Waals surface area contributed by atoms with Crippen molar-refractivity contribution in [2.24, 2.45) is 5.92 Å². The summed E-state index contributed by atoms with van der Waals surface area (Å²) in [5, 5.41) is 4.16. The summed E-state index contributed by atoms with van der Waals surface area (Å²) in [7, 11) is 0. The van der Waals surface area contributed by atoms with E-state index in [0.29, 0.717) is 22.4 Å². The molecule has 2 fully saturated rings. The second-order valence-electron chi connectivity index (χ2n) is 8.70. The lowest BCUT2D eigenvalue weighted by Crippen LogP contribution is -2.41. The number of nitrogens with one attached hydrogen (secondary N) is 1. The number of thioether (sulfide) groups is 1. The summed E-state index contributed by atoms with van der Waals surface area (Å²) in [6, 6.07) is 9.58. The van der Waals surface area contributed by atoms with Crippen LogP contribution < -0.4 is 10.2 Å². The van der Waals surface area contributed by atoms with Crippen LogP contribution in [0, 0.1) is 5.92 Å².